The maximum atomic E-state index is 12.7. The molecule has 0 aliphatic heterocycles. The van der Waals surface area contributed by atoms with Crippen molar-refractivity contribution in [3.05, 3.63) is 16.4 Å². The van der Waals surface area contributed by atoms with E-state index in [1.54, 1.807) is 0 Å². The molecule has 1 amide bonds. The lowest BCUT2D eigenvalue weighted by molar-refractivity contribution is -0.143. The van der Waals surface area contributed by atoms with Crippen molar-refractivity contribution in [2.75, 3.05) is 27.2 Å². The van der Waals surface area contributed by atoms with Gasteiger partial charge in [0.1, 0.15) is 5.02 Å². The first kappa shape index (κ1) is 16.8. The number of halogens is 4. The molecule has 0 aromatic carbocycles. The average molecular weight is 313 g/mol. The largest absolute Gasteiger partial charge is 0.434 e. The number of aromatic nitrogens is 2. The summed E-state index contributed by atoms with van der Waals surface area (Å²) in [5.74, 6) is -0.708. The molecule has 0 bridgehead atoms. The molecular formula is C11H16ClF3N4O. The van der Waals surface area contributed by atoms with Crippen molar-refractivity contribution in [1.82, 2.24) is 20.0 Å². The van der Waals surface area contributed by atoms with Gasteiger partial charge < -0.3 is 10.2 Å². The number of nitrogens with zero attached hydrogens (tertiary/aromatic N) is 3. The SMILES string of the molecule is CN(C)CCCNC(=O)c1nn(C)c(C(F)(F)F)c1Cl. The van der Waals surface area contributed by atoms with Crippen LogP contribution in [0.4, 0.5) is 13.2 Å². The highest BCUT2D eigenvalue weighted by Crippen LogP contribution is 2.35. The molecule has 1 rings (SSSR count). The van der Waals surface area contributed by atoms with Gasteiger partial charge >= 0.3 is 6.18 Å². The Bertz CT molecular complexity index is 485. The first-order chi connectivity index (χ1) is 9.14. The van der Waals surface area contributed by atoms with Crippen LogP contribution in [0.1, 0.15) is 22.6 Å². The molecule has 0 saturated heterocycles. The number of rotatable bonds is 5. The number of hydrogen-bond donors (Lipinski definition) is 1. The molecule has 0 aliphatic rings. The molecular weight excluding hydrogens is 297 g/mol. The van der Waals surface area contributed by atoms with Crippen LogP contribution in [0.15, 0.2) is 0 Å². The van der Waals surface area contributed by atoms with Crippen molar-refractivity contribution < 1.29 is 18.0 Å². The zero-order valence-corrected chi connectivity index (χ0v) is 12.1. The van der Waals surface area contributed by atoms with E-state index >= 15 is 0 Å². The van der Waals surface area contributed by atoms with Crippen molar-refractivity contribution in [3.63, 3.8) is 0 Å². The van der Waals surface area contributed by atoms with Crippen LogP contribution >= 0.6 is 11.6 Å². The Morgan fingerprint density at radius 2 is 2.05 bits per heavy atom. The van der Waals surface area contributed by atoms with Gasteiger partial charge in [0.2, 0.25) is 0 Å². The fourth-order valence-corrected chi connectivity index (χ4v) is 1.99. The molecule has 0 aliphatic carbocycles. The summed E-state index contributed by atoms with van der Waals surface area (Å²) in [6.45, 7) is 1.09. The third-order valence-corrected chi connectivity index (χ3v) is 2.90. The van der Waals surface area contributed by atoms with Crippen LogP contribution in [0, 0.1) is 0 Å². The summed E-state index contributed by atoms with van der Waals surface area (Å²) in [5, 5.41) is 5.35. The van der Waals surface area contributed by atoms with E-state index < -0.39 is 28.5 Å². The Balaban J connectivity index is 2.75. The second-order valence-corrected chi connectivity index (χ2v) is 4.92. The van der Waals surface area contributed by atoms with Crippen molar-refractivity contribution in [2.45, 2.75) is 12.6 Å². The normalized spacial score (nSPS) is 12.0. The van der Waals surface area contributed by atoms with Crippen LogP contribution < -0.4 is 5.32 Å². The molecule has 0 unspecified atom stereocenters. The van der Waals surface area contributed by atoms with Gasteiger partial charge in [0.05, 0.1) is 0 Å². The number of aryl methyl sites for hydroxylation is 1. The lowest BCUT2D eigenvalue weighted by Gasteiger charge is -2.09. The maximum absolute atomic E-state index is 12.7. The highest BCUT2D eigenvalue weighted by atomic mass is 35.5. The molecule has 5 nitrogen and oxygen atoms in total. The zero-order valence-electron chi connectivity index (χ0n) is 11.4. The lowest BCUT2D eigenvalue weighted by atomic mass is 10.3. The molecule has 0 radical (unpaired) electrons. The summed E-state index contributed by atoms with van der Waals surface area (Å²) in [5.41, 5.74) is -1.54. The van der Waals surface area contributed by atoms with Gasteiger partial charge in [-0.1, -0.05) is 11.6 Å². The molecule has 0 fully saturated rings. The van der Waals surface area contributed by atoms with Gasteiger partial charge in [0, 0.05) is 13.6 Å². The molecule has 0 atom stereocenters. The molecule has 9 heteroatoms. The smallest absolute Gasteiger partial charge is 0.351 e. The fraction of sp³-hybridized carbons (Fsp3) is 0.636. The lowest BCUT2D eigenvalue weighted by Crippen LogP contribution is -2.27. The van der Waals surface area contributed by atoms with E-state index in [1.807, 2.05) is 19.0 Å². The van der Waals surface area contributed by atoms with Gasteiger partial charge in [-0.2, -0.15) is 18.3 Å². The average Bonchev–Trinajstić information content (AvgIpc) is 2.59. The van der Waals surface area contributed by atoms with E-state index in [9.17, 15) is 18.0 Å². The minimum atomic E-state index is -4.65. The highest BCUT2D eigenvalue weighted by molar-refractivity contribution is 6.34. The van der Waals surface area contributed by atoms with Gasteiger partial charge in [0.15, 0.2) is 11.4 Å². The molecule has 0 spiro atoms. The number of alkyl halides is 3. The summed E-state index contributed by atoms with van der Waals surface area (Å²) < 4.78 is 38.7. The summed E-state index contributed by atoms with van der Waals surface area (Å²) in [4.78, 5) is 13.7. The van der Waals surface area contributed by atoms with Gasteiger partial charge in [-0.05, 0) is 27.1 Å². The van der Waals surface area contributed by atoms with Gasteiger partial charge in [-0.15, -0.1) is 0 Å². The molecule has 114 valence electrons. The second kappa shape index (κ2) is 6.45. The van der Waals surface area contributed by atoms with Gasteiger partial charge in [0.25, 0.3) is 5.91 Å². The van der Waals surface area contributed by atoms with E-state index in [2.05, 4.69) is 10.4 Å². The summed E-state index contributed by atoms with van der Waals surface area (Å²) in [6.07, 6.45) is -3.97. The molecule has 1 aromatic rings. The summed E-state index contributed by atoms with van der Waals surface area (Å²) in [7, 11) is 4.86. The predicted molar refractivity (Wildman–Crippen MR) is 68.7 cm³/mol. The zero-order chi connectivity index (χ0) is 15.5. The summed E-state index contributed by atoms with van der Waals surface area (Å²) in [6, 6.07) is 0. The quantitative estimate of drug-likeness (QED) is 0.843. The number of carbonyl (C=O) groups excluding carboxylic acids is 1. The van der Waals surface area contributed by atoms with Crippen LogP contribution in [-0.2, 0) is 13.2 Å². The van der Waals surface area contributed by atoms with Crippen molar-refractivity contribution in [3.8, 4) is 0 Å². The molecule has 20 heavy (non-hydrogen) atoms. The number of amides is 1. The van der Waals surface area contributed by atoms with Gasteiger partial charge in [-0.3, -0.25) is 9.48 Å². The molecule has 1 heterocycles. The number of hydrogen-bond acceptors (Lipinski definition) is 3. The second-order valence-electron chi connectivity index (χ2n) is 4.55. The third kappa shape index (κ3) is 4.11. The van der Waals surface area contributed by atoms with Crippen LogP contribution in [0.5, 0.6) is 0 Å². The standard InChI is InChI=1S/C11H16ClF3N4O/c1-18(2)6-4-5-16-10(20)8-7(12)9(11(13,14)15)19(3)17-8/h4-6H2,1-3H3,(H,16,20). The van der Waals surface area contributed by atoms with E-state index in [0.717, 1.165) is 13.6 Å². The molecule has 1 aromatic heterocycles. The number of carbonyl (C=O) groups is 1. The fourth-order valence-electron chi connectivity index (χ4n) is 1.63. The highest BCUT2D eigenvalue weighted by Gasteiger charge is 2.39. The van der Waals surface area contributed by atoms with E-state index in [-0.39, 0.29) is 0 Å². The third-order valence-electron chi connectivity index (χ3n) is 2.54. The van der Waals surface area contributed by atoms with Crippen LogP contribution in [0.2, 0.25) is 5.02 Å². The monoisotopic (exact) mass is 312 g/mol. The van der Waals surface area contributed by atoms with E-state index in [0.29, 0.717) is 17.6 Å². The number of nitrogens with one attached hydrogen (secondary N) is 1. The van der Waals surface area contributed by atoms with Crippen molar-refractivity contribution in [2.24, 2.45) is 7.05 Å². The Kier molecular flexibility index (Phi) is 5.41. The van der Waals surface area contributed by atoms with Crippen molar-refractivity contribution >= 4 is 17.5 Å². The van der Waals surface area contributed by atoms with Crippen LogP contribution in [0.25, 0.3) is 0 Å². The molecule has 1 N–H and O–H groups in total. The Morgan fingerprint density at radius 1 is 1.45 bits per heavy atom. The maximum Gasteiger partial charge on any atom is 0.434 e. The van der Waals surface area contributed by atoms with E-state index in [4.69, 9.17) is 11.6 Å². The summed E-state index contributed by atoms with van der Waals surface area (Å²) >= 11 is 5.60. The Morgan fingerprint density at radius 3 is 2.50 bits per heavy atom. The van der Waals surface area contributed by atoms with E-state index in [1.165, 1.54) is 0 Å². The van der Waals surface area contributed by atoms with Gasteiger partial charge in [-0.25, -0.2) is 0 Å². The van der Waals surface area contributed by atoms with Crippen molar-refractivity contribution in [1.29, 1.82) is 0 Å². The predicted octanol–water partition coefficient (Wildman–Crippen LogP) is 1.77. The molecule has 0 saturated carbocycles. The minimum absolute atomic E-state index is 0.339. The Hall–Kier alpha value is -1.28. The first-order valence-electron chi connectivity index (χ1n) is 5.87. The Labute approximate surface area is 119 Å². The minimum Gasteiger partial charge on any atom is -0.351 e. The van der Waals surface area contributed by atoms with Crippen LogP contribution in [-0.4, -0.2) is 47.8 Å². The van der Waals surface area contributed by atoms with Crippen LogP contribution in [0.3, 0.4) is 0 Å². The topological polar surface area (TPSA) is 50.2 Å². The first-order valence-corrected chi connectivity index (χ1v) is 6.25.